The fourth-order valence-corrected chi connectivity index (χ4v) is 2.79. The predicted molar refractivity (Wildman–Crippen MR) is 70.8 cm³/mol. The van der Waals surface area contributed by atoms with Crippen LogP contribution >= 0.6 is 0 Å². The van der Waals surface area contributed by atoms with E-state index < -0.39 is 0 Å². The molecule has 0 spiro atoms. The van der Waals surface area contributed by atoms with Gasteiger partial charge in [0.05, 0.1) is 0 Å². The molecular weight excluding hydrogens is 192 g/mol. The van der Waals surface area contributed by atoms with Crippen LogP contribution in [-0.4, -0.2) is 0 Å². The minimum atomic E-state index is 1.18. The molecule has 0 aromatic heterocycles. The number of aryl methyl sites for hydroxylation is 3. The Labute approximate surface area is 96.6 Å². The highest BCUT2D eigenvalue weighted by Gasteiger charge is 2.10. The number of rotatable bonds is 0. The van der Waals surface area contributed by atoms with E-state index in [1.54, 1.807) is 0 Å². The molecule has 0 saturated heterocycles. The molecule has 0 fully saturated rings. The SMILES string of the molecule is Cc1cc(C)c2c3c(ccc2c1)CCC=C3. The van der Waals surface area contributed by atoms with Gasteiger partial charge in [-0.25, -0.2) is 0 Å². The van der Waals surface area contributed by atoms with Gasteiger partial charge in [-0.3, -0.25) is 0 Å². The van der Waals surface area contributed by atoms with Gasteiger partial charge in [-0.05, 0) is 54.2 Å². The van der Waals surface area contributed by atoms with E-state index in [1.165, 1.54) is 45.9 Å². The summed E-state index contributed by atoms with van der Waals surface area (Å²) < 4.78 is 0. The molecule has 1 aliphatic carbocycles. The lowest BCUT2D eigenvalue weighted by atomic mass is 9.89. The Kier molecular flexibility index (Phi) is 2.10. The number of benzene rings is 2. The highest BCUT2D eigenvalue weighted by atomic mass is 14.1. The zero-order valence-electron chi connectivity index (χ0n) is 9.88. The van der Waals surface area contributed by atoms with Crippen molar-refractivity contribution in [3.8, 4) is 0 Å². The van der Waals surface area contributed by atoms with Crippen molar-refractivity contribution in [1.29, 1.82) is 0 Å². The van der Waals surface area contributed by atoms with Crippen LogP contribution in [0.1, 0.15) is 28.7 Å². The number of hydrogen-bond acceptors (Lipinski definition) is 0. The van der Waals surface area contributed by atoms with E-state index in [0.717, 1.165) is 0 Å². The lowest BCUT2D eigenvalue weighted by Gasteiger charge is -2.15. The van der Waals surface area contributed by atoms with Crippen molar-refractivity contribution in [3.63, 3.8) is 0 Å². The maximum atomic E-state index is 2.30. The van der Waals surface area contributed by atoms with Crippen molar-refractivity contribution in [2.24, 2.45) is 0 Å². The Balaban J connectivity index is 2.44. The lowest BCUT2D eigenvalue weighted by Crippen LogP contribution is -1.96. The first-order valence-electron chi connectivity index (χ1n) is 5.95. The molecule has 0 aliphatic heterocycles. The summed E-state index contributed by atoms with van der Waals surface area (Å²) in [6, 6.07) is 9.13. The Bertz CT molecular complexity index is 589. The molecular formula is C16H16. The fourth-order valence-electron chi connectivity index (χ4n) is 2.79. The minimum Gasteiger partial charge on any atom is -0.0836 e. The Morgan fingerprint density at radius 1 is 1.06 bits per heavy atom. The monoisotopic (exact) mass is 208 g/mol. The second-order valence-corrected chi connectivity index (χ2v) is 4.76. The first-order valence-corrected chi connectivity index (χ1v) is 5.95. The third kappa shape index (κ3) is 1.37. The third-order valence-corrected chi connectivity index (χ3v) is 3.45. The number of fused-ring (bicyclic) bond motifs is 3. The van der Waals surface area contributed by atoms with Gasteiger partial charge in [-0.15, -0.1) is 0 Å². The van der Waals surface area contributed by atoms with Gasteiger partial charge < -0.3 is 0 Å². The minimum absolute atomic E-state index is 1.18. The summed E-state index contributed by atoms with van der Waals surface area (Å²) in [4.78, 5) is 0. The average molecular weight is 208 g/mol. The van der Waals surface area contributed by atoms with Crippen LogP contribution in [0.4, 0.5) is 0 Å². The average Bonchev–Trinajstić information content (AvgIpc) is 2.28. The van der Waals surface area contributed by atoms with Crippen molar-refractivity contribution in [2.75, 3.05) is 0 Å². The van der Waals surface area contributed by atoms with Crippen molar-refractivity contribution in [2.45, 2.75) is 26.7 Å². The van der Waals surface area contributed by atoms with Crippen molar-refractivity contribution >= 4 is 16.8 Å². The molecule has 0 saturated carbocycles. The van der Waals surface area contributed by atoms with Gasteiger partial charge in [0, 0.05) is 0 Å². The van der Waals surface area contributed by atoms with Crippen molar-refractivity contribution < 1.29 is 0 Å². The normalized spacial score (nSPS) is 14.1. The topological polar surface area (TPSA) is 0 Å². The molecule has 0 atom stereocenters. The van der Waals surface area contributed by atoms with Crippen LogP contribution in [0.15, 0.2) is 30.3 Å². The van der Waals surface area contributed by atoms with Gasteiger partial charge in [0.2, 0.25) is 0 Å². The van der Waals surface area contributed by atoms with Crippen LogP contribution < -0.4 is 0 Å². The second-order valence-electron chi connectivity index (χ2n) is 4.76. The smallest absolute Gasteiger partial charge is 0.00793 e. The number of allylic oxidation sites excluding steroid dienone is 1. The van der Waals surface area contributed by atoms with Crippen LogP contribution in [0.5, 0.6) is 0 Å². The molecule has 0 unspecified atom stereocenters. The Morgan fingerprint density at radius 3 is 2.81 bits per heavy atom. The Hall–Kier alpha value is -1.56. The van der Waals surface area contributed by atoms with Crippen molar-refractivity contribution in [3.05, 3.63) is 52.6 Å². The largest absolute Gasteiger partial charge is 0.0836 e. The van der Waals surface area contributed by atoms with E-state index >= 15 is 0 Å². The first-order chi connectivity index (χ1) is 7.75. The van der Waals surface area contributed by atoms with Crippen LogP contribution in [0, 0.1) is 13.8 Å². The van der Waals surface area contributed by atoms with Crippen LogP contribution in [0.25, 0.3) is 16.8 Å². The summed E-state index contributed by atoms with van der Waals surface area (Å²) in [5.74, 6) is 0. The maximum Gasteiger partial charge on any atom is -0.00793 e. The summed E-state index contributed by atoms with van der Waals surface area (Å²) in [6.45, 7) is 4.39. The Morgan fingerprint density at radius 2 is 1.94 bits per heavy atom. The van der Waals surface area contributed by atoms with E-state index in [0.29, 0.717) is 0 Å². The van der Waals surface area contributed by atoms with Gasteiger partial charge in [0.15, 0.2) is 0 Å². The zero-order chi connectivity index (χ0) is 11.1. The van der Waals surface area contributed by atoms with Gasteiger partial charge in [0.1, 0.15) is 0 Å². The molecule has 3 rings (SSSR count). The van der Waals surface area contributed by atoms with Crippen LogP contribution in [0.3, 0.4) is 0 Å². The molecule has 0 radical (unpaired) electrons. The van der Waals surface area contributed by atoms with Gasteiger partial charge in [0.25, 0.3) is 0 Å². The summed E-state index contributed by atoms with van der Waals surface area (Å²) >= 11 is 0. The second kappa shape index (κ2) is 3.48. The van der Waals surface area contributed by atoms with Gasteiger partial charge >= 0.3 is 0 Å². The molecule has 80 valence electrons. The van der Waals surface area contributed by atoms with Crippen LogP contribution in [0.2, 0.25) is 0 Å². The van der Waals surface area contributed by atoms with E-state index in [1.807, 2.05) is 0 Å². The molecule has 2 aromatic carbocycles. The maximum absolute atomic E-state index is 2.30. The highest BCUT2D eigenvalue weighted by Crippen LogP contribution is 2.30. The molecule has 1 aliphatic rings. The molecule has 0 heterocycles. The lowest BCUT2D eigenvalue weighted by molar-refractivity contribution is 0.989. The molecule has 0 nitrogen and oxygen atoms in total. The first kappa shape index (κ1) is 9.65. The summed E-state index contributed by atoms with van der Waals surface area (Å²) in [5, 5.41) is 2.82. The zero-order valence-corrected chi connectivity index (χ0v) is 9.88. The van der Waals surface area contributed by atoms with Gasteiger partial charge in [-0.1, -0.05) is 42.0 Å². The van der Waals surface area contributed by atoms with Crippen molar-refractivity contribution in [1.82, 2.24) is 0 Å². The fraction of sp³-hybridized carbons (Fsp3) is 0.250. The quantitative estimate of drug-likeness (QED) is 0.601. The molecule has 0 bridgehead atoms. The molecule has 16 heavy (non-hydrogen) atoms. The van der Waals surface area contributed by atoms with E-state index in [4.69, 9.17) is 0 Å². The highest BCUT2D eigenvalue weighted by molar-refractivity contribution is 5.95. The van der Waals surface area contributed by atoms with E-state index in [2.05, 4.69) is 50.3 Å². The number of hydrogen-bond donors (Lipinski definition) is 0. The molecule has 0 N–H and O–H groups in total. The van der Waals surface area contributed by atoms with E-state index in [9.17, 15) is 0 Å². The standard InChI is InChI=1S/C16H16/c1-11-9-12(2)16-14(10-11)8-7-13-5-3-4-6-15(13)16/h4,6-10H,3,5H2,1-2H3. The summed E-state index contributed by atoms with van der Waals surface area (Å²) in [6.07, 6.45) is 6.96. The molecule has 2 aromatic rings. The molecule has 0 heteroatoms. The predicted octanol–water partition coefficient (Wildman–Crippen LogP) is 4.42. The summed E-state index contributed by atoms with van der Waals surface area (Å²) in [5.41, 5.74) is 5.70. The summed E-state index contributed by atoms with van der Waals surface area (Å²) in [7, 11) is 0. The van der Waals surface area contributed by atoms with Gasteiger partial charge in [-0.2, -0.15) is 0 Å². The van der Waals surface area contributed by atoms with E-state index in [-0.39, 0.29) is 0 Å². The van der Waals surface area contributed by atoms with Crippen LogP contribution in [-0.2, 0) is 6.42 Å². The third-order valence-electron chi connectivity index (χ3n) is 3.45. The molecule has 0 amide bonds.